The molecule has 3 rings (SSSR count). The second-order valence-corrected chi connectivity index (χ2v) is 5.50. The average Bonchev–Trinajstić information content (AvgIpc) is 2.47. The Labute approximate surface area is 133 Å². The van der Waals surface area contributed by atoms with Crippen molar-refractivity contribution in [3.63, 3.8) is 0 Å². The van der Waals surface area contributed by atoms with Crippen molar-refractivity contribution >= 4 is 22.7 Å². The third kappa shape index (κ3) is 2.55. The van der Waals surface area contributed by atoms with Gasteiger partial charge in [-0.15, -0.1) is 0 Å². The number of nitrogens with one attached hydrogen (secondary N) is 1. The van der Waals surface area contributed by atoms with Gasteiger partial charge in [-0.3, -0.25) is 24.3 Å². The van der Waals surface area contributed by atoms with Gasteiger partial charge in [0.2, 0.25) is 11.8 Å². The maximum Gasteiger partial charge on any atom is 0.417 e. The summed E-state index contributed by atoms with van der Waals surface area (Å²) in [6.07, 6.45) is -4.69. The molecular formula is C15H12F3N3O3. The van der Waals surface area contributed by atoms with Gasteiger partial charge in [-0.25, -0.2) is 4.98 Å². The van der Waals surface area contributed by atoms with Gasteiger partial charge in [0.05, 0.1) is 16.5 Å². The topological polar surface area (TPSA) is 81.1 Å². The van der Waals surface area contributed by atoms with Crippen molar-refractivity contribution in [2.45, 2.75) is 32.0 Å². The van der Waals surface area contributed by atoms with Crippen LogP contribution in [0.15, 0.2) is 23.0 Å². The van der Waals surface area contributed by atoms with Gasteiger partial charge in [0.1, 0.15) is 11.9 Å². The minimum absolute atomic E-state index is 0.00123. The number of carbonyl (C=O) groups is 2. The first-order valence-corrected chi connectivity index (χ1v) is 7.13. The molecule has 1 aromatic heterocycles. The summed E-state index contributed by atoms with van der Waals surface area (Å²) in [7, 11) is 0. The van der Waals surface area contributed by atoms with E-state index in [-0.39, 0.29) is 24.2 Å². The minimum atomic E-state index is -4.72. The maximum absolute atomic E-state index is 13.2. The largest absolute Gasteiger partial charge is 0.417 e. The van der Waals surface area contributed by atoms with Crippen molar-refractivity contribution in [1.82, 2.24) is 14.9 Å². The number of fused-ring (bicyclic) bond motifs is 1. The molecular weight excluding hydrogens is 327 g/mol. The first kappa shape index (κ1) is 16.2. The van der Waals surface area contributed by atoms with Crippen molar-refractivity contribution in [2.24, 2.45) is 0 Å². The third-order valence-electron chi connectivity index (χ3n) is 3.93. The quantitative estimate of drug-likeness (QED) is 0.802. The van der Waals surface area contributed by atoms with Gasteiger partial charge in [0.15, 0.2) is 0 Å². The fourth-order valence-corrected chi connectivity index (χ4v) is 2.89. The Morgan fingerprint density at radius 2 is 1.96 bits per heavy atom. The van der Waals surface area contributed by atoms with Crippen molar-refractivity contribution in [3.8, 4) is 0 Å². The molecule has 2 amide bonds. The average molecular weight is 339 g/mol. The van der Waals surface area contributed by atoms with Gasteiger partial charge in [-0.05, 0) is 25.5 Å². The van der Waals surface area contributed by atoms with Crippen LogP contribution in [0.1, 0.15) is 30.3 Å². The van der Waals surface area contributed by atoms with E-state index in [0.29, 0.717) is 0 Å². The first-order chi connectivity index (χ1) is 11.2. The highest BCUT2D eigenvalue weighted by atomic mass is 19.4. The lowest BCUT2D eigenvalue weighted by Gasteiger charge is -2.24. The summed E-state index contributed by atoms with van der Waals surface area (Å²) >= 11 is 0. The Morgan fingerprint density at radius 1 is 1.25 bits per heavy atom. The summed E-state index contributed by atoms with van der Waals surface area (Å²) < 4.78 is 40.5. The fraction of sp³-hybridized carbons (Fsp3) is 0.333. The van der Waals surface area contributed by atoms with Gasteiger partial charge in [-0.1, -0.05) is 6.07 Å². The molecule has 1 aromatic carbocycles. The summed E-state index contributed by atoms with van der Waals surface area (Å²) in [6, 6.07) is 2.23. The van der Waals surface area contributed by atoms with Gasteiger partial charge in [0.25, 0.3) is 5.56 Å². The molecule has 24 heavy (non-hydrogen) atoms. The lowest BCUT2D eigenvalue weighted by molar-refractivity contribution is -0.136. The second kappa shape index (κ2) is 5.43. The number of hydrogen-bond acceptors (Lipinski definition) is 4. The van der Waals surface area contributed by atoms with Gasteiger partial charge < -0.3 is 0 Å². The third-order valence-corrected chi connectivity index (χ3v) is 3.93. The van der Waals surface area contributed by atoms with Crippen LogP contribution in [0.4, 0.5) is 13.2 Å². The smallest absolute Gasteiger partial charge is 0.295 e. The summed E-state index contributed by atoms with van der Waals surface area (Å²) in [4.78, 5) is 40.0. The number of benzene rings is 1. The number of aryl methyl sites for hydroxylation is 1. The zero-order valence-electron chi connectivity index (χ0n) is 12.5. The number of aromatic nitrogens is 2. The molecule has 1 aliphatic rings. The zero-order chi connectivity index (χ0) is 17.6. The maximum atomic E-state index is 13.2. The summed E-state index contributed by atoms with van der Waals surface area (Å²) in [5, 5.41) is 1.50. The highest BCUT2D eigenvalue weighted by Gasteiger charge is 2.36. The SMILES string of the molecule is Cc1nc2cccc(C(F)(F)F)c2c(=O)n1[C@@H]1CCC(=O)NC1=O. The van der Waals surface area contributed by atoms with Crippen LogP contribution in [0.2, 0.25) is 0 Å². The molecule has 6 nitrogen and oxygen atoms in total. The van der Waals surface area contributed by atoms with Crippen LogP contribution >= 0.6 is 0 Å². The number of imide groups is 1. The number of piperidine rings is 1. The molecule has 9 heteroatoms. The van der Waals surface area contributed by atoms with E-state index >= 15 is 0 Å². The van der Waals surface area contributed by atoms with Crippen LogP contribution in [-0.4, -0.2) is 21.4 Å². The summed E-state index contributed by atoms with van der Waals surface area (Å²) in [5.41, 5.74) is -2.13. The number of nitrogens with zero attached hydrogens (tertiary/aromatic N) is 2. The Balaban J connectivity index is 2.29. The highest BCUT2D eigenvalue weighted by Crippen LogP contribution is 2.33. The molecule has 0 unspecified atom stereocenters. The van der Waals surface area contributed by atoms with E-state index in [4.69, 9.17) is 0 Å². The standard InChI is InChI=1S/C15H12F3N3O3/c1-7-19-9-4-2-3-8(15(16,17)18)12(9)14(24)21(7)10-5-6-11(22)20-13(10)23/h2-4,10H,5-6H2,1H3,(H,20,22,23)/t10-/m1/s1. The van der Waals surface area contributed by atoms with Crippen LogP contribution in [0, 0.1) is 6.92 Å². The molecule has 2 heterocycles. The van der Waals surface area contributed by atoms with Crippen LogP contribution in [0.3, 0.4) is 0 Å². The Hall–Kier alpha value is -2.71. The normalized spacial score (nSPS) is 18.8. The lowest BCUT2D eigenvalue weighted by Crippen LogP contribution is -2.45. The molecule has 2 aromatic rings. The van der Waals surface area contributed by atoms with E-state index in [1.165, 1.54) is 19.1 Å². The van der Waals surface area contributed by atoms with Crippen molar-refractivity contribution in [1.29, 1.82) is 0 Å². The molecule has 1 N–H and O–H groups in total. The van der Waals surface area contributed by atoms with E-state index in [2.05, 4.69) is 10.3 Å². The Bertz CT molecular complexity index is 918. The number of amides is 2. The Morgan fingerprint density at radius 3 is 2.58 bits per heavy atom. The van der Waals surface area contributed by atoms with Crippen LogP contribution < -0.4 is 10.9 Å². The molecule has 0 bridgehead atoms. The molecule has 1 atom stereocenters. The molecule has 0 aliphatic carbocycles. The second-order valence-electron chi connectivity index (χ2n) is 5.50. The molecule has 126 valence electrons. The highest BCUT2D eigenvalue weighted by molar-refractivity contribution is 5.99. The van der Waals surface area contributed by atoms with Crippen molar-refractivity contribution in [3.05, 3.63) is 39.9 Å². The molecule has 1 fully saturated rings. The van der Waals surface area contributed by atoms with E-state index in [1.54, 1.807) is 0 Å². The number of alkyl halides is 3. The molecule has 0 radical (unpaired) electrons. The number of rotatable bonds is 1. The van der Waals surface area contributed by atoms with E-state index in [9.17, 15) is 27.6 Å². The van der Waals surface area contributed by atoms with E-state index in [1.807, 2.05) is 0 Å². The minimum Gasteiger partial charge on any atom is -0.295 e. The fourth-order valence-electron chi connectivity index (χ4n) is 2.89. The number of halogens is 3. The van der Waals surface area contributed by atoms with E-state index < -0.39 is 40.5 Å². The van der Waals surface area contributed by atoms with E-state index in [0.717, 1.165) is 10.6 Å². The van der Waals surface area contributed by atoms with Crippen LogP contribution in [-0.2, 0) is 15.8 Å². The molecule has 1 saturated heterocycles. The predicted molar refractivity (Wildman–Crippen MR) is 77.2 cm³/mol. The van der Waals surface area contributed by atoms with Gasteiger partial charge >= 0.3 is 6.18 Å². The van der Waals surface area contributed by atoms with Crippen molar-refractivity contribution in [2.75, 3.05) is 0 Å². The number of hydrogen-bond donors (Lipinski definition) is 1. The molecule has 1 aliphatic heterocycles. The molecule has 0 spiro atoms. The van der Waals surface area contributed by atoms with Gasteiger partial charge in [0, 0.05) is 6.42 Å². The lowest BCUT2D eigenvalue weighted by atomic mass is 10.0. The van der Waals surface area contributed by atoms with Gasteiger partial charge in [-0.2, -0.15) is 13.2 Å². The predicted octanol–water partition coefficient (Wildman–Crippen LogP) is 1.70. The zero-order valence-corrected chi connectivity index (χ0v) is 12.5. The van der Waals surface area contributed by atoms with Crippen LogP contribution in [0.25, 0.3) is 10.9 Å². The summed E-state index contributed by atoms with van der Waals surface area (Å²) in [5.74, 6) is -1.09. The Kier molecular flexibility index (Phi) is 3.66. The summed E-state index contributed by atoms with van der Waals surface area (Å²) in [6.45, 7) is 1.44. The molecule has 0 saturated carbocycles. The monoisotopic (exact) mass is 339 g/mol. The number of carbonyl (C=O) groups excluding carboxylic acids is 2. The van der Waals surface area contributed by atoms with Crippen LogP contribution in [0.5, 0.6) is 0 Å². The first-order valence-electron chi connectivity index (χ1n) is 7.13. The van der Waals surface area contributed by atoms with Crippen molar-refractivity contribution < 1.29 is 22.8 Å².